The lowest BCUT2D eigenvalue weighted by atomic mass is 10.1. The van der Waals surface area contributed by atoms with Crippen molar-refractivity contribution in [2.75, 3.05) is 10.6 Å². The zero-order valence-electron chi connectivity index (χ0n) is 14.5. The van der Waals surface area contributed by atoms with Crippen LogP contribution in [0, 0.1) is 13.8 Å². The van der Waals surface area contributed by atoms with Gasteiger partial charge in [0.2, 0.25) is 5.95 Å². The molecule has 7 heteroatoms. The highest BCUT2D eigenvalue weighted by atomic mass is 35.5. The average Bonchev–Trinajstić information content (AvgIpc) is 2.64. The molecule has 26 heavy (non-hydrogen) atoms. The van der Waals surface area contributed by atoms with Crippen molar-refractivity contribution in [1.82, 2.24) is 15.0 Å². The van der Waals surface area contributed by atoms with Gasteiger partial charge >= 0.3 is 0 Å². The number of carbonyl (C=O) groups excluding carboxylic acids is 1. The van der Waals surface area contributed by atoms with Crippen molar-refractivity contribution < 1.29 is 4.79 Å². The van der Waals surface area contributed by atoms with E-state index in [9.17, 15) is 4.79 Å². The van der Waals surface area contributed by atoms with Crippen molar-refractivity contribution in [2.24, 2.45) is 0 Å². The minimum Gasteiger partial charge on any atom is -0.349 e. The second kappa shape index (κ2) is 7.93. The van der Waals surface area contributed by atoms with Crippen LogP contribution in [0.4, 0.5) is 11.6 Å². The Balaban J connectivity index is 1.66. The van der Waals surface area contributed by atoms with Crippen LogP contribution in [-0.2, 0) is 6.54 Å². The number of benzene rings is 1. The van der Waals surface area contributed by atoms with Crippen molar-refractivity contribution in [1.29, 1.82) is 0 Å². The van der Waals surface area contributed by atoms with E-state index in [4.69, 9.17) is 11.6 Å². The number of rotatable bonds is 5. The molecule has 132 valence electrons. The van der Waals surface area contributed by atoms with Crippen molar-refractivity contribution in [3.8, 4) is 0 Å². The van der Waals surface area contributed by atoms with Crippen molar-refractivity contribution in [3.63, 3.8) is 0 Å². The SMILES string of the molecule is Cc1cc(C)c(NC(=O)c2cnc(NCc3ccccn3)nc2)c(Cl)c1. The molecule has 0 aliphatic rings. The monoisotopic (exact) mass is 367 g/mol. The summed E-state index contributed by atoms with van der Waals surface area (Å²) in [5.41, 5.74) is 3.77. The molecular weight excluding hydrogens is 350 g/mol. The number of amides is 1. The minimum atomic E-state index is -0.310. The van der Waals surface area contributed by atoms with Gasteiger partial charge in [0.25, 0.3) is 5.91 Å². The van der Waals surface area contributed by atoms with Crippen LogP contribution in [0.25, 0.3) is 0 Å². The van der Waals surface area contributed by atoms with Crippen molar-refractivity contribution in [3.05, 3.63) is 76.3 Å². The second-order valence-electron chi connectivity index (χ2n) is 5.86. The van der Waals surface area contributed by atoms with Gasteiger partial charge in [0, 0.05) is 18.6 Å². The number of pyridine rings is 1. The normalized spacial score (nSPS) is 10.4. The third-order valence-corrected chi connectivity index (χ3v) is 4.04. The zero-order valence-corrected chi connectivity index (χ0v) is 15.2. The lowest BCUT2D eigenvalue weighted by Gasteiger charge is -2.11. The number of carbonyl (C=O) groups is 1. The van der Waals surface area contributed by atoms with Gasteiger partial charge in [0.15, 0.2) is 0 Å². The van der Waals surface area contributed by atoms with E-state index in [2.05, 4.69) is 25.6 Å². The van der Waals surface area contributed by atoms with Crippen molar-refractivity contribution in [2.45, 2.75) is 20.4 Å². The molecule has 0 aliphatic heterocycles. The summed E-state index contributed by atoms with van der Waals surface area (Å²) < 4.78 is 0. The van der Waals surface area contributed by atoms with Gasteiger partial charge in [-0.25, -0.2) is 9.97 Å². The van der Waals surface area contributed by atoms with E-state index in [0.717, 1.165) is 16.8 Å². The number of nitrogens with one attached hydrogen (secondary N) is 2. The summed E-state index contributed by atoms with van der Waals surface area (Å²) >= 11 is 6.23. The third kappa shape index (κ3) is 4.34. The van der Waals surface area contributed by atoms with E-state index < -0.39 is 0 Å². The first-order chi connectivity index (χ1) is 12.5. The summed E-state index contributed by atoms with van der Waals surface area (Å²) in [6.07, 6.45) is 4.67. The Morgan fingerprint density at radius 1 is 1.12 bits per heavy atom. The maximum absolute atomic E-state index is 12.4. The Hall–Kier alpha value is -2.99. The summed E-state index contributed by atoms with van der Waals surface area (Å²) in [6.45, 7) is 4.36. The van der Waals surface area contributed by atoms with E-state index in [1.54, 1.807) is 6.20 Å². The molecule has 0 saturated carbocycles. The molecule has 2 N–H and O–H groups in total. The van der Waals surface area contributed by atoms with Crippen LogP contribution >= 0.6 is 11.6 Å². The van der Waals surface area contributed by atoms with Gasteiger partial charge in [0.05, 0.1) is 28.5 Å². The highest BCUT2D eigenvalue weighted by Crippen LogP contribution is 2.27. The minimum absolute atomic E-state index is 0.310. The number of anilines is 2. The number of hydrogen-bond donors (Lipinski definition) is 2. The lowest BCUT2D eigenvalue weighted by Crippen LogP contribution is -2.14. The first-order valence-corrected chi connectivity index (χ1v) is 8.44. The van der Waals surface area contributed by atoms with Gasteiger partial charge in [0.1, 0.15) is 0 Å². The largest absolute Gasteiger partial charge is 0.349 e. The molecule has 1 aromatic carbocycles. The fraction of sp³-hybridized carbons (Fsp3) is 0.158. The van der Waals surface area contributed by atoms with Crippen LogP contribution in [0.1, 0.15) is 27.2 Å². The van der Waals surface area contributed by atoms with E-state index in [1.165, 1.54) is 12.4 Å². The molecule has 0 bridgehead atoms. The van der Waals surface area contributed by atoms with E-state index in [-0.39, 0.29) is 5.91 Å². The topological polar surface area (TPSA) is 79.8 Å². The maximum Gasteiger partial charge on any atom is 0.258 e. The predicted molar refractivity (Wildman–Crippen MR) is 102 cm³/mol. The van der Waals surface area contributed by atoms with Crippen LogP contribution in [0.3, 0.4) is 0 Å². The highest BCUT2D eigenvalue weighted by Gasteiger charge is 2.12. The standard InChI is InChI=1S/C19H18ClN5O/c1-12-7-13(2)17(16(20)8-12)25-18(26)14-9-22-19(23-10-14)24-11-15-5-3-4-6-21-15/h3-10H,11H2,1-2H3,(H,25,26)(H,22,23,24). The highest BCUT2D eigenvalue weighted by molar-refractivity contribution is 6.34. The molecule has 1 amide bonds. The van der Waals surface area contributed by atoms with Gasteiger partial charge in [-0.2, -0.15) is 0 Å². The molecule has 0 saturated heterocycles. The van der Waals surface area contributed by atoms with Crippen LogP contribution in [0.2, 0.25) is 5.02 Å². The lowest BCUT2D eigenvalue weighted by molar-refractivity contribution is 0.102. The fourth-order valence-electron chi connectivity index (χ4n) is 2.47. The third-order valence-electron chi connectivity index (χ3n) is 3.74. The molecular formula is C19H18ClN5O. The van der Waals surface area contributed by atoms with Crippen LogP contribution in [-0.4, -0.2) is 20.9 Å². The first kappa shape index (κ1) is 17.8. The number of aryl methyl sites for hydroxylation is 2. The summed E-state index contributed by atoms with van der Waals surface area (Å²) in [7, 11) is 0. The molecule has 0 fully saturated rings. The number of nitrogens with zero attached hydrogens (tertiary/aromatic N) is 3. The van der Waals surface area contributed by atoms with E-state index in [0.29, 0.717) is 28.8 Å². The Morgan fingerprint density at radius 3 is 2.54 bits per heavy atom. The second-order valence-corrected chi connectivity index (χ2v) is 6.27. The molecule has 2 heterocycles. The summed E-state index contributed by atoms with van der Waals surface area (Å²) in [4.78, 5) is 25.0. The first-order valence-electron chi connectivity index (χ1n) is 8.07. The Bertz CT molecular complexity index is 890. The van der Waals surface area contributed by atoms with Gasteiger partial charge < -0.3 is 10.6 Å². The molecule has 3 rings (SSSR count). The molecule has 0 atom stereocenters. The van der Waals surface area contributed by atoms with Gasteiger partial charge in [-0.15, -0.1) is 0 Å². The van der Waals surface area contributed by atoms with Crippen LogP contribution in [0.15, 0.2) is 48.9 Å². The number of aromatic nitrogens is 3. The van der Waals surface area contributed by atoms with E-state index in [1.807, 2.05) is 44.2 Å². The Kier molecular flexibility index (Phi) is 5.43. The predicted octanol–water partition coefficient (Wildman–Crippen LogP) is 4.01. The molecule has 0 unspecified atom stereocenters. The Labute approximate surface area is 156 Å². The maximum atomic E-state index is 12.4. The van der Waals surface area contributed by atoms with Gasteiger partial charge in [-0.3, -0.25) is 9.78 Å². The number of hydrogen-bond acceptors (Lipinski definition) is 5. The smallest absolute Gasteiger partial charge is 0.258 e. The quantitative estimate of drug-likeness (QED) is 0.712. The summed E-state index contributed by atoms with van der Waals surface area (Å²) in [5, 5.41) is 6.39. The van der Waals surface area contributed by atoms with Crippen LogP contribution < -0.4 is 10.6 Å². The number of halogens is 1. The van der Waals surface area contributed by atoms with Gasteiger partial charge in [-0.05, 0) is 43.2 Å². The summed E-state index contributed by atoms with van der Waals surface area (Å²) in [6, 6.07) is 9.45. The van der Waals surface area contributed by atoms with Crippen molar-refractivity contribution >= 4 is 29.1 Å². The van der Waals surface area contributed by atoms with E-state index >= 15 is 0 Å². The molecule has 0 aliphatic carbocycles. The molecule has 0 spiro atoms. The van der Waals surface area contributed by atoms with Crippen LogP contribution in [0.5, 0.6) is 0 Å². The molecule has 6 nitrogen and oxygen atoms in total. The van der Waals surface area contributed by atoms with Gasteiger partial charge in [-0.1, -0.05) is 23.7 Å². The fourth-order valence-corrected chi connectivity index (χ4v) is 2.84. The molecule has 0 radical (unpaired) electrons. The summed E-state index contributed by atoms with van der Waals surface area (Å²) in [5.74, 6) is 0.117. The molecule has 2 aromatic heterocycles. The Morgan fingerprint density at radius 2 is 1.88 bits per heavy atom. The molecule has 3 aromatic rings. The zero-order chi connectivity index (χ0) is 18.5. The average molecular weight is 368 g/mol.